The normalized spacial score (nSPS) is 20.1. The second-order valence-corrected chi connectivity index (χ2v) is 28.9. The Bertz CT molecular complexity index is 457. The molecule has 17 nitrogen and oxygen atoms in total. The highest BCUT2D eigenvalue weighted by Crippen LogP contribution is 2.22. The molecule has 0 bridgehead atoms. The molecule has 0 unspecified atom stereocenters. The van der Waals surface area contributed by atoms with Crippen LogP contribution in [-0.2, 0) is 48.3 Å². The Hall–Kier alpha value is 6.77. The van der Waals surface area contributed by atoms with E-state index < -0.39 is 185 Å². The van der Waals surface area contributed by atoms with Crippen LogP contribution < -0.4 is 0 Å². The first-order chi connectivity index (χ1) is 15.2. The predicted molar refractivity (Wildman–Crippen MR) is 99.0 cm³/mol. The monoisotopic (exact) mass is 650 g/mol. The van der Waals surface area contributed by atoms with Crippen LogP contribution in [-0.4, -0.2) is 218 Å². The Morgan fingerprint density at radius 3 is 1.00 bits per heavy atom. The zero-order chi connectivity index (χ0) is 21.5. The summed E-state index contributed by atoms with van der Waals surface area (Å²) in [7, 11) is 0. The van der Waals surface area contributed by atoms with Crippen molar-refractivity contribution in [2.45, 2.75) is 0 Å². The molecule has 4 aliphatic heterocycles. The topological polar surface area (TPSA) is 157 Å². The summed E-state index contributed by atoms with van der Waals surface area (Å²) in [4.78, 5) is 0. The van der Waals surface area contributed by atoms with Crippen molar-refractivity contribution in [1.82, 2.24) is 0 Å². The van der Waals surface area contributed by atoms with E-state index in [0.717, 1.165) is 0 Å². The standard InChI is InChI=1S/14Al.17O. The fourth-order valence-corrected chi connectivity index (χ4v) is 27.9. The van der Waals surface area contributed by atoms with Crippen molar-refractivity contribution in [3.63, 3.8) is 0 Å². The minimum atomic E-state index is -2.26. The van der Waals surface area contributed by atoms with E-state index in [2.05, 4.69) is 33.2 Å². The van der Waals surface area contributed by atoms with Gasteiger partial charge < -0.3 is 48.3 Å². The molecule has 0 amide bonds. The molecule has 4 aliphatic rings. The molecule has 8 radical (unpaired) electrons. The van der Waals surface area contributed by atoms with Crippen LogP contribution in [0.5, 0.6) is 0 Å². The molecular weight excluding hydrogens is 650 g/mol. The molecule has 0 N–H and O–H groups in total. The molecule has 0 spiro atoms. The Morgan fingerprint density at radius 2 is 0.710 bits per heavy atom. The minimum Gasteiger partial charge on any atom is -0.634 e. The number of rotatable bonds is 16. The van der Waals surface area contributed by atoms with Gasteiger partial charge in [-0.15, -0.1) is 0 Å². The molecule has 0 aromatic heterocycles. The predicted octanol–water partition coefficient (Wildman–Crippen LogP) is -6.49. The maximum absolute atomic E-state index is 5.53. The summed E-state index contributed by atoms with van der Waals surface area (Å²) in [6.45, 7) is 0. The van der Waals surface area contributed by atoms with Crippen LogP contribution in [0.2, 0.25) is 0 Å². The van der Waals surface area contributed by atoms with Crippen LogP contribution >= 0.6 is 0 Å². The number of hydrogen-bond donors (Lipinski definition) is 0. The lowest BCUT2D eigenvalue weighted by Crippen LogP contribution is -2.65. The lowest BCUT2D eigenvalue weighted by Gasteiger charge is -2.38. The van der Waals surface area contributed by atoms with Crippen molar-refractivity contribution in [2.75, 3.05) is 0 Å². The SMILES string of the molecule is [Al][O][Al][O][Al][O][Al]1[O][Al]([O][Al]2[O][Al]([O][Al]3[O][Al]([O][Al]4[O][Al]([O][Al][O][Al][O][Al])[O]4)[O]3)[O]2)[O]1. The molecule has 144 valence electrons. The fraction of sp³-hybridized carbons (Fsp3) is 0. The maximum atomic E-state index is 5.53. The summed E-state index contributed by atoms with van der Waals surface area (Å²) in [5, 5.41) is 0. The van der Waals surface area contributed by atoms with Gasteiger partial charge in [0.05, 0.1) is 0 Å². The van der Waals surface area contributed by atoms with Crippen molar-refractivity contribution >= 4 is 218 Å². The van der Waals surface area contributed by atoms with E-state index in [0.29, 0.717) is 0 Å². The van der Waals surface area contributed by atoms with Crippen molar-refractivity contribution in [3.05, 3.63) is 0 Å². The Morgan fingerprint density at radius 1 is 0.419 bits per heavy atom. The molecule has 4 fully saturated rings. The van der Waals surface area contributed by atoms with Gasteiger partial charge in [-0.25, -0.2) is 0 Å². The zero-order valence-electron chi connectivity index (χ0n) is 15.0. The van der Waals surface area contributed by atoms with Crippen LogP contribution in [0.15, 0.2) is 0 Å². The van der Waals surface area contributed by atoms with Gasteiger partial charge in [0.2, 0.25) is 0 Å². The molecule has 0 aromatic carbocycles. The van der Waals surface area contributed by atoms with Gasteiger partial charge in [-0.05, 0) is 0 Å². The summed E-state index contributed by atoms with van der Waals surface area (Å²) in [6.07, 6.45) is 0. The van der Waals surface area contributed by atoms with Gasteiger partial charge in [0.15, 0.2) is 0 Å². The average molecular weight is 650 g/mol. The smallest absolute Gasteiger partial charge is 0.634 e. The molecule has 0 aromatic rings. The Balaban J connectivity index is 0.938. The van der Waals surface area contributed by atoms with Gasteiger partial charge in [0.25, 0.3) is 0 Å². The molecule has 4 heterocycles. The largest absolute Gasteiger partial charge is 0.821 e. The molecule has 0 atom stereocenters. The summed E-state index contributed by atoms with van der Waals surface area (Å²) in [5.41, 5.74) is 0. The molecule has 0 saturated carbocycles. The van der Waals surface area contributed by atoms with Gasteiger partial charge in [-0.3, -0.25) is 0 Å². The molecule has 31 heavy (non-hydrogen) atoms. The highest BCUT2D eigenvalue weighted by atomic mass is 27.5. The van der Waals surface area contributed by atoms with Gasteiger partial charge in [0.1, 0.15) is 0 Å². The van der Waals surface area contributed by atoms with E-state index >= 15 is 0 Å². The van der Waals surface area contributed by atoms with Gasteiger partial charge in [-0.1, -0.05) is 0 Å². The van der Waals surface area contributed by atoms with Crippen molar-refractivity contribution in [3.8, 4) is 0 Å². The van der Waals surface area contributed by atoms with Crippen molar-refractivity contribution < 1.29 is 48.3 Å². The second-order valence-electron chi connectivity index (χ2n) is 5.01. The summed E-state index contributed by atoms with van der Waals surface area (Å²) in [6, 6.07) is 0. The van der Waals surface area contributed by atoms with Gasteiger partial charge in [0, 0.05) is 0 Å². The van der Waals surface area contributed by atoms with E-state index in [1.807, 2.05) is 0 Å². The van der Waals surface area contributed by atoms with Crippen molar-refractivity contribution in [2.24, 2.45) is 0 Å². The van der Waals surface area contributed by atoms with E-state index in [9.17, 15) is 0 Å². The molecule has 4 saturated heterocycles. The number of hydrogen-bond acceptors (Lipinski definition) is 17. The first-order valence-electron chi connectivity index (χ1n) is 8.01. The van der Waals surface area contributed by atoms with Gasteiger partial charge in [-0.2, -0.15) is 0 Å². The van der Waals surface area contributed by atoms with E-state index in [1.165, 1.54) is 0 Å². The second kappa shape index (κ2) is 17.6. The quantitative estimate of drug-likeness (QED) is 0.115. The first-order valence-corrected chi connectivity index (χ1v) is 24.0. The summed E-state index contributed by atoms with van der Waals surface area (Å²) >= 11 is -15.7. The van der Waals surface area contributed by atoms with Crippen LogP contribution in [0.3, 0.4) is 0 Å². The third-order valence-corrected chi connectivity index (χ3v) is 28.0. The highest BCUT2D eigenvalue weighted by Gasteiger charge is 2.67. The Kier molecular flexibility index (Phi) is 17.4. The molecule has 31 heteroatoms. The third-order valence-electron chi connectivity index (χ3n) is 3.11. The van der Waals surface area contributed by atoms with Crippen molar-refractivity contribution in [1.29, 1.82) is 0 Å². The molecule has 0 aliphatic carbocycles. The summed E-state index contributed by atoms with van der Waals surface area (Å²) in [5.74, 6) is 0. The summed E-state index contributed by atoms with van der Waals surface area (Å²) < 4.78 is 90.8. The van der Waals surface area contributed by atoms with Crippen LogP contribution in [0.4, 0.5) is 0 Å². The van der Waals surface area contributed by atoms with Crippen LogP contribution in [0, 0.1) is 0 Å². The Labute approximate surface area is 261 Å². The third kappa shape index (κ3) is 11.3. The highest BCUT2D eigenvalue weighted by molar-refractivity contribution is 6.80. The minimum absolute atomic E-state index is 0.530. The lowest BCUT2D eigenvalue weighted by molar-refractivity contribution is 0.0591. The first kappa shape index (κ1) is 30.7. The lowest BCUT2D eigenvalue weighted by atomic mass is 15.5. The average Bonchev–Trinajstić information content (AvgIpc) is 2.64. The van der Waals surface area contributed by atoms with E-state index in [1.54, 1.807) is 0 Å². The van der Waals surface area contributed by atoms with Gasteiger partial charge >= 0.3 is 218 Å². The van der Waals surface area contributed by atoms with E-state index in [4.69, 9.17) is 48.3 Å². The fourth-order valence-electron chi connectivity index (χ4n) is 1.82. The zero-order valence-corrected chi connectivity index (χ0v) is 31.2. The molecule has 4 rings (SSSR count). The molecular formula is Al14O17. The van der Waals surface area contributed by atoms with Crippen LogP contribution in [0.25, 0.3) is 0 Å². The van der Waals surface area contributed by atoms with E-state index in [-0.39, 0.29) is 0 Å². The van der Waals surface area contributed by atoms with Crippen LogP contribution in [0.1, 0.15) is 0 Å². The maximum Gasteiger partial charge on any atom is 0.821 e.